The van der Waals surface area contributed by atoms with Crippen LogP contribution < -0.4 is 26.8 Å². The molecule has 2 aliphatic carbocycles. The fourth-order valence-electron chi connectivity index (χ4n) is 6.36. The van der Waals surface area contributed by atoms with Gasteiger partial charge in [-0.1, -0.05) is 19.8 Å². The molecule has 226 valence electrons. The first-order chi connectivity index (χ1) is 20.1. The zero-order valence-corrected chi connectivity index (χ0v) is 24.0. The molecular formula is C29H39N7O6. The van der Waals surface area contributed by atoms with Crippen molar-refractivity contribution in [1.82, 2.24) is 30.5 Å². The van der Waals surface area contributed by atoms with Gasteiger partial charge in [0.15, 0.2) is 0 Å². The lowest BCUT2D eigenvalue weighted by molar-refractivity contribution is -0.138. The second-order valence-electron chi connectivity index (χ2n) is 11.5. The molecule has 2 fully saturated rings. The summed E-state index contributed by atoms with van der Waals surface area (Å²) in [4.78, 5) is 82.7. The van der Waals surface area contributed by atoms with E-state index >= 15 is 0 Å². The van der Waals surface area contributed by atoms with Gasteiger partial charge in [-0.05, 0) is 63.0 Å². The van der Waals surface area contributed by atoms with Crippen molar-refractivity contribution in [1.29, 1.82) is 0 Å². The number of amides is 4. The number of hydrogen-bond acceptors (Lipinski definition) is 7. The molecule has 0 radical (unpaired) electrons. The largest absolute Gasteiger partial charge is 0.350 e. The molecule has 13 nitrogen and oxygen atoms in total. The summed E-state index contributed by atoms with van der Waals surface area (Å²) in [5.41, 5.74) is -0.899. The molecule has 2 heterocycles. The number of pyridine rings is 1. The number of carbonyl (C=O) groups is 5. The standard InChI is InChI=1S/C29H39N7O6/c1-3-31-27(41)23(37)9-8-20(33-26(40)22-15-30-17-32-22)25(39)34-21-7-5-11-36(28(21)42)16-24(38)35-29-10-4-6-19(14-29)12-18(2)13-29/h5,7,11,15,17-20H,3-4,6,8-10,12-14,16H2,1-2H3,(H,30,32)(H,31,41)(H,33,40)(H,34,39)(H,35,38)/t18?,19?,20-,29?/m0/s1. The summed E-state index contributed by atoms with van der Waals surface area (Å²) in [6.07, 6.45) is 9.87. The first-order valence-electron chi connectivity index (χ1n) is 14.5. The van der Waals surface area contributed by atoms with Gasteiger partial charge in [0.1, 0.15) is 24.0 Å². The summed E-state index contributed by atoms with van der Waals surface area (Å²) in [7, 11) is 0. The summed E-state index contributed by atoms with van der Waals surface area (Å²) < 4.78 is 1.23. The van der Waals surface area contributed by atoms with Crippen LogP contribution in [0, 0.1) is 11.8 Å². The summed E-state index contributed by atoms with van der Waals surface area (Å²) in [5, 5.41) is 10.6. The molecule has 0 saturated heterocycles. The molecule has 2 bridgehead atoms. The topological polar surface area (TPSA) is 184 Å². The fraction of sp³-hybridized carbons (Fsp3) is 0.552. The predicted octanol–water partition coefficient (Wildman–Crippen LogP) is 1.27. The van der Waals surface area contributed by atoms with Crippen molar-refractivity contribution in [2.24, 2.45) is 11.8 Å². The molecule has 4 atom stereocenters. The zero-order chi connectivity index (χ0) is 30.3. The number of ketones is 1. The van der Waals surface area contributed by atoms with Gasteiger partial charge < -0.3 is 30.8 Å². The third-order valence-corrected chi connectivity index (χ3v) is 8.02. The van der Waals surface area contributed by atoms with Crippen LogP contribution in [0.5, 0.6) is 0 Å². The lowest BCUT2D eigenvalue weighted by Gasteiger charge is -2.48. The van der Waals surface area contributed by atoms with Gasteiger partial charge in [-0.2, -0.15) is 0 Å². The zero-order valence-electron chi connectivity index (χ0n) is 24.0. The smallest absolute Gasteiger partial charge is 0.287 e. The van der Waals surface area contributed by atoms with E-state index in [-0.39, 0.29) is 48.8 Å². The second kappa shape index (κ2) is 13.6. The highest BCUT2D eigenvalue weighted by atomic mass is 16.2. The number of likely N-dealkylation sites (N-methyl/N-ethyl adjacent to an activating group) is 1. The molecule has 5 N–H and O–H groups in total. The number of imidazole rings is 1. The van der Waals surface area contributed by atoms with Crippen LogP contribution >= 0.6 is 0 Å². The highest BCUT2D eigenvalue weighted by Gasteiger charge is 2.42. The minimum absolute atomic E-state index is 0.0204. The third-order valence-electron chi connectivity index (χ3n) is 8.02. The molecule has 2 saturated carbocycles. The minimum atomic E-state index is -1.25. The Bertz CT molecular complexity index is 1370. The summed E-state index contributed by atoms with van der Waals surface area (Å²) in [6.45, 7) is 3.95. The number of nitrogens with one attached hydrogen (secondary N) is 5. The Hall–Kier alpha value is -4.29. The van der Waals surface area contributed by atoms with E-state index < -0.39 is 35.1 Å². The van der Waals surface area contributed by atoms with Gasteiger partial charge in [-0.15, -0.1) is 0 Å². The highest BCUT2D eigenvalue weighted by Crippen LogP contribution is 2.45. The Kier molecular flexibility index (Phi) is 9.92. The molecule has 4 amide bonds. The number of fused-ring (bicyclic) bond motifs is 2. The average molecular weight is 582 g/mol. The van der Waals surface area contributed by atoms with Crippen LogP contribution in [0.2, 0.25) is 0 Å². The Labute approximate surface area is 243 Å². The molecule has 13 heteroatoms. The monoisotopic (exact) mass is 581 g/mol. The van der Waals surface area contributed by atoms with E-state index in [1.165, 1.54) is 48.3 Å². The Morgan fingerprint density at radius 2 is 2.02 bits per heavy atom. The van der Waals surface area contributed by atoms with Crippen LogP contribution in [0.15, 0.2) is 35.6 Å². The van der Waals surface area contributed by atoms with Crippen molar-refractivity contribution in [3.63, 3.8) is 0 Å². The number of anilines is 1. The Morgan fingerprint density at radius 1 is 1.21 bits per heavy atom. The van der Waals surface area contributed by atoms with E-state index in [2.05, 4.69) is 38.2 Å². The number of Topliss-reactive ketones (excluding diaryl/α,β-unsaturated/α-hetero) is 1. The first kappa shape index (κ1) is 30.7. The molecule has 42 heavy (non-hydrogen) atoms. The number of aromatic amines is 1. The maximum Gasteiger partial charge on any atom is 0.287 e. The summed E-state index contributed by atoms with van der Waals surface area (Å²) >= 11 is 0. The van der Waals surface area contributed by atoms with Crippen LogP contribution in [0.3, 0.4) is 0 Å². The SMILES string of the molecule is CCNC(=O)C(=O)CC[C@H](NC(=O)c1c[nH]cn1)C(=O)Nc1cccn(CC(=O)NC23CCCC(CC(C)C2)C3)c1=O. The number of H-pyrrole nitrogens is 1. The van der Waals surface area contributed by atoms with Crippen molar-refractivity contribution in [2.45, 2.75) is 83.3 Å². The second-order valence-corrected chi connectivity index (χ2v) is 11.5. The minimum Gasteiger partial charge on any atom is -0.350 e. The molecule has 3 unspecified atom stereocenters. The van der Waals surface area contributed by atoms with Gasteiger partial charge >= 0.3 is 0 Å². The number of carbonyl (C=O) groups excluding carboxylic acids is 5. The number of nitrogens with zero attached hydrogens (tertiary/aromatic N) is 2. The van der Waals surface area contributed by atoms with Crippen molar-refractivity contribution in [2.75, 3.05) is 11.9 Å². The van der Waals surface area contributed by atoms with Crippen LogP contribution in [-0.2, 0) is 25.7 Å². The van der Waals surface area contributed by atoms with E-state index in [9.17, 15) is 28.8 Å². The average Bonchev–Trinajstić information content (AvgIpc) is 3.48. The normalized spacial score (nSPS) is 22.0. The van der Waals surface area contributed by atoms with Crippen molar-refractivity contribution in [3.8, 4) is 0 Å². The molecule has 0 aromatic carbocycles. The van der Waals surface area contributed by atoms with Crippen molar-refractivity contribution in [3.05, 3.63) is 46.9 Å². The number of rotatable bonds is 12. The lowest BCUT2D eigenvalue weighted by atomic mass is 9.64. The predicted molar refractivity (Wildman–Crippen MR) is 153 cm³/mol. The molecule has 0 aliphatic heterocycles. The fourth-order valence-corrected chi connectivity index (χ4v) is 6.36. The molecule has 2 aliphatic rings. The van der Waals surface area contributed by atoms with Gasteiger partial charge in [0.25, 0.3) is 17.4 Å². The Balaban J connectivity index is 1.43. The lowest BCUT2D eigenvalue weighted by Crippen LogP contribution is -2.55. The maximum absolute atomic E-state index is 13.2. The van der Waals surface area contributed by atoms with Gasteiger partial charge in [0, 0.05) is 30.9 Å². The van der Waals surface area contributed by atoms with E-state index in [4.69, 9.17) is 0 Å². The molecular weight excluding hydrogens is 542 g/mol. The van der Waals surface area contributed by atoms with Gasteiger partial charge in [0.2, 0.25) is 17.6 Å². The van der Waals surface area contributed by atoms with Gasteiger partial charge in [0.05, 0.1) is 6.33 Å². The van der Waals surface area contributed by atoms with Crippen molar-refractivity contribution < 1.29 is 24.0 Å². The maximum atomic E-state index is 13.2. The third kappa shape index (κ3) is 7.71. The number of hydrogen-bond donors (Lipinski definition) is 5. The molecule has 2 aromatic heterocycles. The molecule has 0 spiro atoms. The van der Waals surface area contributed by atoms with Crippen LogP contribution in [0.25, 0.3) is 0 Å². The molecule has 2 aromatic rings. The van der Waals surface area contributed by atoms with E-state index in [1.807, 2.05) is 0 Å². The van der Waals surface area contributed by atoms with Gasteiger partial charge in [-0.25, -0.2) is 4.98 Å². The van der Waals surface area contributed by atoms with E-state index in [0.717, 1.165) is 25.7 Å². The number of aromatic nitrogens is 3. The van der Waals surface area contributed by atoms with Gasteiger partial charge in [-0.3, -0.25) is 28.8 Å². The molecule has 4 rings (SSSR count). The summed E-state index contributed by atoms with van der Waals surface area (Å²) in [6, 6.07) is 1.68. The Morgan fingerprint density at radius 3 is 2.76 bits per heavy atom. The van der Waals surface area contributed by atoms with Crippen LogP contribution in [0.4, 0.5) is 5.69 Å². The summed E-state index contributed by atoms with van der Waals surface area (Å²) in [5.74, 6) is -2.08. The quantitative estimate of drug-likeness (QED) is 0.234. The van der Waals surface area contributed by atoms with Crippen LogP contribution in [0.1, 0.15) is 75.7 Å². The highest BCUT2D eigenvalue weighted by molar-refractivity contribution is 6.36. The van der Waals surface area contributed by atoms with E-state index in [0.29, 0.717) is 11.8 Å². The first-order valence-corrected chi connectivity index (χ1v) is 14.5. The van der Waals surface area contributed by atoms with Crippen LogP contribution in [-0.4, -0.2) is 62.1 Å². The van der Waals surface area contributed by atoms with Crippen molar-refractivity contribution >= 4 is 35.1 Å². The van der Waals surface area contributed by atoms with E-state index in [1.54, 1.807) is 6.92 Å².